The number of benzene rings is 2. The van der Waals surface area contributed by atoms with Crippen molar-refractivity contribution in [1.29, 1.82) is 0 Å². The topological polar surface area (TPSA) is 117 Å². The summed E-state index contributed by atoms with van der Waals surface area (Å²) in [4.78, 5) is 40.2. The van der Waals surface area contributed by atoms with E-state index in [1.807, 2.05) is 49.4 Å². The average molecular weight is 508 g/mol. The Balaban J connectivity index is 1.55. The first-order valence-corrected chi connectivity index (χ1v) is 12.9. The second-order valence-corrected chi connectivity index (χ2v) is 10.8. The molecule has 0 bridgehead atoms. The van der Waals surface area contributed by atoms with Crippen molar-refractivity contribution in [2.75, 3.05) is 13.7 Å². The summed E-state index contributed by atoms with van der Waals surface area (Å²) >= 11 is 0. The van der Waals surface area contributed by atoms with Crippen LogP contribution >= 0.6 is 0 Å². The molecule has 1 aliphatic heterocycles. The molecule has 1 aliphatic carbocycles. The van der Waals surface area contributed by atoms with Gasteiger partial charge >= 0.3 is 0 Å². The van der Waals surface area contributed by atoms with Crippen LogP contribution in [0.25, 0.3) is 0 Å². The maximum atomic E-state index is 13.6. The van der Waals surface area contributed by atoms with E-state index in [1.54, 1.807) is 26.2 Å². The van der Waals surface area contributed by atoms with Crippen LogP contribution < -0.4 is 20.7 Å². The van der Waals surface area contributed by atoms with Gasteiger partial charge in [0.05, 0.1) is 18.8 Å². The number of amides is 2. The van der Waals surface area contributed by atoms with Crippen LogP contribution in [0, 0.1) is 5.41 Å². The first-order valence-electron chi connectivity index (χ1n) is 12.9. The summed E-state index contributed by atoms with van der Waals surface area (Å²) in [5.74, 6) is -0.178. The third-order valence-corrected chi connectivity index (χ3v) is 7.61. The Bertz CT molecular complexity index is 1110. The van der Waals surface area contributed by atoms with Crippen LogP contribution in [-0.4, -0.2) is 60.1 Å². The number of aliphatic hydroxyl groups is 1. The van der Waals surface area contributed by atoms with Crippen molar-refractivity contribution in [3.8, 4) is 5.75 Å². The zero-order valence-corrected chi connectivity index (χ0v) is 21.8. The lowest BCUT2D eigenvalue weighted by atomic mass is 9.92. The van der Waals surface area contributed by atoms with Crippen LogP contribution in [0.3, 0.4) is 0 Å². The van der Waals surface area contributed by atoms with E-state index in [1.165, 1.54) is 0 Å². The molecule has 0 radical (unpaired) electrons. The highest BCUT2D eigenvalue weighted by Gasteiger charge is 2.48. The van der Waals surface area contributed by atoms with Crippen molar-refractivity contribution in [2.45, 2.75) is 69.7 Å². The summed E-state index contributed by atoms with van der Waals surface area (Å²) in [7, 11) is 1.58. The Labute approximate surface area is 218 Å². The molecule has 2 aromatic rings. The smallest absolute Gasteiger partial charge is 0.243 e. The monoisotopic (exact) mass is 507 g/mol. The number of hydrogen-bond acceptors (Lipinski definition) is 6. The summed E-state index contributed by atoms with van der Waals surface area (Å²) in [5, 5.41) is 19.4. The van der Waals surface area contributed by atoms with Crippen molar-refractivity contribution in [1.82, 2.24) is 16.0 Å². The summed E-state index contributed by atoms with van der Waals surface area (Å²) < 4.78 is 5.23. The Hall–Kier alpha value is -3.23. The molecule has 0 spiro atoms. The quantitative estimate of drug-likeness (QED) is 0.369. The first kappa shape index (κ1) is 26.8. The normalized spacial score (nSPS) is 23.5. The van der Waals surface area contributed by atoms with Crippen molar-refractivity contribution in [3.63, 3.8) is 0 Å². The van der Waals surface area contributed by atoms with Gasteiger partial charge in [0.15, 0.2) is 5.78 Å². The molecule has 8 heteroatoms. The highest BCUT2D eigenvalue weighted by atomic mass is 16.5. The van der Waals surface area contributed by atoms with E-state index in [2.05, 4.69) is 16.0 Å². The van der Waals surface area contributed by atoms with E-state index < -0.39 is 41.0 Å². The maximum absolute atomic E-state index is 13.6. The van der Waals surface area contributed by atoms with Crippen LogP contribution in [0.4, 0.5) is 0 Å². The lowest BCUT2D eigenvalue weighted by Crippen LogP contribution is -2.59. The molecule has 4 rings (SSSR count). The highest BCUT2D eigenvalue weighted by molar-refractivity contribution is 5.97. The zero-order chi connectivity index (χ0) is 26.6. The van der Waals surface area contributed by atoms with Crippen molar-refractivity contribution in [2.24, 2.45) is 5.41 Å². The fourth-order valence-electron chi connectivity index (χ4n) is 4.86. The predicted octanol–water partition coefficient (Wildman–Crippen LogP) is 1.93. The molecule has 37 heavy (non-hydrogen) atoms. The minimum atomic E-state index is -1.21. The molecule has 2 aromatic carbocycles. The van der Waals surface area contributed by atoms with Crippen molar-refractivity contribution < 1.29 is 24.2 Å². The van der Waals surface area contributed by atoms with E-state index in [9.17, 15) is 19.5 Å². The van der Waals surface area contributed by atoms with E-state index in [-0.39, 0.29) is 12.2 Å². The number of hydrogen-bond donors (Lipinski definition) is 4. The van der Waals surface area contributed by atoms with Gasteiger partial charge < -0.3 is 25.8 Å². The number of methoxy groups -OCH3 is 1. The third-order valence-electron chi connectivity index (χ3n) is 7.61. The first-order chi connectivity index (χ1) is 17.6. The predicted molar refractivity (Wildman–Crippen MR) is 140 cm³/mol. The fraction of sp³-hybridized carbons (Fsp3) is 0.483. The molecule has 4 N–H and O–H groups in total. The Morgan fingerprint density at radius 1 is 0.946 bits per heavy atom. The number of ether oxygens (including phenoxy) is 1. The van der Waals surface area contributed by atoms with Crippen LogP contribution in [0.1, 0.15) is 44.2 Å². The Kier molecular flexibility index (Phi) is 7.99. The van der Waals surface area contributed by atoms with Crippen LogP contribution in [0.5, 0.6) is 5.75 Å². The lowest BCUT2D eigenvalue weighted by molar-refractivity contribution is -0.134. The van der Waals surface area contributed by atoms with Gasteiger partial charge in [-0.3, -0.25) is 14.4 Å². The van der Waals surface area contributed by atoms with Gasteiger partial charge in [-0.15, -0.1) is 0 Å². The minimum absolute atomic E-state index is 0.0135. The number of ketones is 1. The standard InChI is InChI=1S/C29H37N3O5/c1-28(13-14-28)25(33)22(17-19-7-5-4-6-8-19)31-26(34)23(18-20-9-11-21(37-3)12-10-20)32-27(35)24-29(2,36)15-16-30-24/h4-12,22-24,30,36H,13-18H2,1-3H3,(H,31,34)(H,32,35). The maximum Gasteiger partial charge on any atom is 0.243 e. The lowest BCUT2D eigenvalue weighted by Gasteiger charge is -2.28. The average Bonchev–Trinajstić information content (AvgIpc) is 3.54. The van der Waals surface area contributed by atoms with Crippen LogP contribution in [0.15, 0.2) is 54.6 Å². The van der Waals surface area contributed by atoms with E-state index in [0.29, 0.717) is 25.1 Å². The number of carbonyl (C=O) groups is 3. The number of nitrogens with one attached hydrogen (secondary N) is 3. The van der Waals surface area contributed by atoms with E-state index in [0.717, 1.165) is 24.0 Å². The largest absolute Gasteiger partial charge is 0.497 e. The van der Waals surface area contributed by atoms with Gasteiger partial charge in [0.2, 0.25) is 11.8 Å². The molecule has 1 saturated carbocycles. The van der Waals surface area contributed by atoms with Gasteiger partial charge in [0.1, 0.15) is 17.8 Å². The van der Waals surface area contributed by atoms with Gasteiger partial charge in [-0.2, -0.15) is 0 Å². The fourth-order valence-corrected chi connectivity index (χ4v) is 4.86. The molecule has 4 atom stereocenters. The van der Waals surface area contributed by atoms with Gasteiger partial charge in [-0.1, -0.05) is 49.4 Å². The highest BCUT2D eigenvalue weighted by Crippen LogP contribution is 2.46. The molecule has 4 unspecified atom stereocenters. The summed E-state index contributed by atoms with van der Waals surface area (Å²) in [6.45, 7) is 4.05. The molecular weight excluding hydrogens is 470 g/mol. The summed E-state index contributed by atoms with van der Waals surface area (Å²) in [6, 6.07) is 14.4. The SMILES string of the molecule is COc1ccc(CC(NC(=O)C2NCCC2(C)O)C(=O)NC(Cc2ccccc2)C(=O)C2(C)CC2)cc1. The van der Waals surface area contributed by atoms with E-state index >= 15 is 0 Å². The molecule has 1 heterocycles. The van der Waals surface area contributed by atoms with Crippen LogP contribution in [-0.2, 0) is 27.2 Å². The molecule has 2 amide bonds. The molecule has 2 aliphatic rings. The third kappa shape index (κ3) is 6.56. The van der Waals surface area contributed by atoms with Gasteiger partial charge in [0, 0.05) is 11.8 Å². The van der Waals surface area contributed by atoms with Crippen LogP contribution in [0.2, 0.25) is 0 Å². The molecule has 2 fully saturated rings. The second kappa shape index (κ2) is 11.0. The summed E-state index contributed by atoms with van der Waals surface area (Å²) in [6.07, 6.45) is 2.65. The number of carbonyl (C=O) groups excluding carboxylic acids is 3. The van der Waals surface area contributed by atoms with Crippen molar-refractivity contribution >= 4 is 17.6 Å². The molecule has 198 valence electrons. The Morgan fingerprint density at radius 2 is 1.57 bits per heavy atom. The molecule has 0 aromatic heterocycles. The van der Waals surface area contributed by atoms with Gasteiger partial charge in [-0.25, -0.2) is 0 Å². The molecule has 1 saturated heterocycles. The molecular formula is C29H37N3O5. The number of Topliss-reactive ketones (excluding diaryl/α,β-unsaturated/α-hetero) is 1. The summed E-state index contributed by atoms with van der Waals surface area (Å²) in [5.41, 5.74) is 0.144. The van der Waals surface area contributed by atoms with E-state index in [4.69, 9.17) is 4.74 Å². The minimum Gasteiger partial charge on any atom is -0.497 e. The Morgan fingerprint density at radius 3 is 2.14 bits per heavy atom. The van der Waals surface area contributed by atoms with Gasteiger partial charge in [0.25, 0.3) is 0 Å². The van der Waals surface area contributed by atoms with Crippen molar-refractivity contribution in [3.05, 3.63) is 65.7 Å². The second-order valence-electron chi connectivity index (χ2n) is 10.8. The molecule has 8 nitrogen and oxygen atoms in total. The number of rotatable bonds is 11. The van der Waals surface area contributed by atoms with Gasteiger partial charge in [-0.05, 0) is 62.4 Å². The zero-order valence-electron chi connectivity index (χ0n) is 21.8.